The standard InChI is InChI=1S/C21H37N3O/c1-2-15-24-19(25)21(23-20(24)22,16-18-11-7-4-8-12-18)14-13-17-9-5-3-6-10-17/h17-18H,2-16H2,1H3,(H2,22,23)/t21-/m1/s1. The van der Waals surface area contributed by atoms with Crippen molar-refractivity contribution in [3.8, 4) is 0 Å². The third-order valence-corrected chi connectivity index (χ3v) is 6.74. The lowest BCUT2D eigenvalue weighted by Crippen LogP contribution is -2.45. The van der Waals surface area contributed by atoms with Gasteiger partial charge in [-0.2, -0.15) is 0 Å². The molecule has 3 aliphatic rings. The molecule has 3 rings (SSSR count). The van der Waals surface area contributed by atoms with Crippen LogP contribution < -0.4 is 5.73 Å². The van der Waals surface area contributed by atoms with Crippen molar-refractivity contribution in [1.82, 2.24) is 4.90 Å². The summed E-state index contributed by atoms with van der Waals surface area (Å²) in [6.07, 6.45) is 17.2. The third-order valence-electron chi connectivity index (χ3n) is 6.74. The summed E-state index contributed by atoms with van der Waals surface area (Å²) in [4.78, 5) is 19.9. The molecule has 0 spiro atoms. The van der Waals surface area contributed by atoms with Crippen LogP contribution >= 0.6 is 0 Å². The molecule has 0 unspecified atom stereocenters. The molecular formula is C21H37N3O. The van der Waals surface area contributed by atoms with E-state index in [1.807, 2.05) is 0 Å². The van der Waals surface area contributed by atoms with Gasteiger partial charge in [0, 0.05) is 6.54 Å². The van der Waals surface area contributed by atoms with Crippen LogP contribution in [0, 0.1) is 11.8 Å². The van der Waals surface area contributed by atoms with E-state index in [2.05, 4.69) is 6.92 Å². The molecular weight excluding hydrogens is 310 g/mol. The Morgan fingerprint density at radius 2 is 1.64 bits per heavy atom. The predicted octanol–water partition coefficient (Wildman–Crippen LogP) is 4.62. The molecule has 4 nitrogen and oxygen atoms in total. The maximum Gasteiger partial charge on any atom is 0.257 e. The fourth-order valence-electron chi connectivity index (χ4n) is 5.31. The SMILES string of the molecule is CCCN1C(=O)[C@@](CCC2CCCCC2)(CC2CCCCC2)N=C1N. The van der Waals surface area contributed by atoms with E-state index in [9.17, 15) is 4.79 Å². The smallest absolute Gasteiger partial charge is 0.257 e. The molecule has 0 aromatic carbocycles. The molecule has 2 aliphatic carbocycles. The number of rotatable bonds is 7. The van der Waals surface area contributed by atoms with Crippen molar-refractivity contribution in [2.75, 3.05) is 6.54 Å². The largest absolute Gasteiger partial charge is 0.369 e. The normalized spacial score (nSPS) is 29.2. The Labute approximate surface area is 153 Å². The van der Waals surface area contributed by atoms with Crippen LogP contribution in [0.1, 0.15) is 96.8 Å². The van der Waals surface area contributed by atoms with Gasteiger partial charge in [-0.05, 0) is 37.5 Å². The second-order valence-corrected chi connectivity index (χ2v) is 8.71. The van der Waals surface area contributed by atoms with Gasteiger partial charge in [0.05, 0.1) is 0 Å². The molecule has 0 bridgehead atoms. The van der Waals surface area contributed by atoms with Crippen molar-refractivity contribution < 1.29 is 4.79 Å². The number of aliphatic imine (C=N–C) groups is 1. The Morgan fingerprint density at radius 3 is 2.24 bits per heavy atom. The number of nitrogens with zero attached hydrogens (tertiary/aromatic N) is 2. The van der Waals surface area contributed by atoms with Gasteiger partial charge in [0.15, 0.2) is 5.96 Å². The molecule has 1 amide bonds. The van der Waals surface area contributed by atoms with E-state index in [-0.39, 0.29) is 5.91 Å². The van der Waals surface area contributed by atoms with Gasteiger partial charge in [0.1, 0.15) is 5.54 Å². The van der Waals surface area contributed by atoms with Gasteiger partial charge in [0.25, 0.3) is 5.91 Å². The lowest BCUT2D eigenvalue weighted by Gasteiger charge is -2.33. The number of nitrogens with two attached hydrogens (primary N) is 1. The molecule has 0 saturated heterocycles. The molecule has 1 atom stereocenters. The molecule has 0 radical (unpaired) electrons. The highest BCUT2D eigenvalue weighted by atomic mass is 16.2. The highest BCUT2D eigenvalue weighted by molar-refractivity contribution is 6.06. The van der Waals surface area contributed by atoms with E-state index in [0.29, 0.717) is 18.4 Å². The Kier molecular flexibility index (Phi) is 6.40. The average molecular weight is 348 g/mol. The van der Waals surface area contributed by atoms with Crippen LogP contribution in [0.2, 0.25) is 0 Å². The van der Waals surface area contributed by atoms with E-state index in [1.54, 1.807) is 4.90 Å². The lowest BCUT2D eigenvalue weighted by atomic mass is 9.75. The van der Waals surface area contributed by atoms with E-state index in [4.69, 9.17) is 10.7 Å². The van der Waals surface area contributed by atoms with Gasteiger partial charge >= 0.3 is 0 Å². The summed E-state index contributed by atoms with van der Waals surface area (Å²) in [6.45, 7) is 2.81. The average Bonchev–Trinajstić information content (AvgIpc) is 2.87. The Bertz CT molecular complexity index is 478. The fourth-order valence-corrected chi connectivity index (χ4v) is 5.31. The van der Waals surface area contributed by atoms with Crippen molar-refractivity contribution in [3.05, 3.63) is 0 Å². The topological polar surface area (TPSA) is 58.7 Å². The number of amides is 1. The highest BCUT2D eigenvalue weighted by Crippen LogP contribution is 2.40. The molecule has 2 fully saturated rings. The van der Waals surface area contributed by atoms with Crippen LogP contribution in [0.25, 0.3) is 0 Å². The summed E-state index contributed by atoms with van der Waals surface area (Å²) in [5.41, 5.74) is 5.66. The summed E-state index contributed by atoms with van der Waals surface area (Å²) in [6, 6.07) is 0. The second-order valence-electron chi connectivity index (χ2n) is 8.71. The molecule has 2 saturated carbocycles. The van der Waals surface area contributed by atoms with Gasteiger partial charge in [-0.15, -0.1) is 0 Å². The highest BCUT2D eigenvalue weighted by Gasteiger charge is 2.48. The van der Waals surface area contributed by atoms with Crippen LogP contribution in [-0.4, -0.2) is 28.9 Å². The first-order valence-corrected chi connectivity index (χ1v) is 10.8. The number of hydrogen-bond acceptors (Lipinski definition) is 3. The molecule has 25 heavy (non-hydrogen) atoms. The van der Waals surface area contributed by atoms with Crippen LogP contribution in [0.5, 0.6) is 0 Å². The lowest BCUT2D eigenvalue weighted by molar-refractivity contribution is -0.132. The van der Waals surface area contributed by atoms with E-state index < -0.39 is 5.54 Å². The van der Waals surface area contributed by atoms with Gasteiger partial charge in [-0.3, -0.25) is 9.69 Å². The third kappa shape index (κ3) is 4.38. The zero-order chi connectivity index (χ0) is 17.7. The maximum atomic E-state index is 13.3. The molecule has 142 valence electrons. The van der Waals surface area contributed by atoms with Gasteiger partial charge in [0.2, 0.25) is 0 Å². The van der Waals surface area contributed by atoms with Gasteiger partial charge < -0.3 is 5.73 Å². The van der Waals surface area contributed by atoms with Crippen molar-refractivity contribution >= 4 is 11.9 Å². The van der Waals surface area contributed by atoms with Crippen molar-refractivity contribution in [2.45, 2.75) is 102 Å². The summed E-state index contributed by atoms with van der Waals surface area (Å²) >= 11 is 0. The second kappa shape index (κ2) is 8.55. The van der Waals surface area contributed by atoms with E-state index in [0.717, 1.165) is 31.6 Å². The molecule has 1 heterocycles. The number of guanidine groups is 1. The summed E-state index contributed by atoms with van der Waals surface area (Å²) < 4.78 is 0. The van der Waals surface area contributed by atoms with Crippen LogP contribution in [-0.2, 0) is 4.79 Å². The van der Waals surface area contributed by atoms with Crippen molar-refractivity contribution in [3.63, 3.8) is 0 Å². The monoisotopic (exact) mass is 347 g/mol. The molecule has 0 aromatic rings. The van der Waals surface area contributed by atoms with E-state index in [1.165, 1.54) is 64.2 Å². The zero-order valence-corrected chi connectivity index (χ0v) is 16.1. The molecule has 4 heteroatoms. The number of carbonyl (C=O) groups is 1. The zero-order valence-electron chi connectivity index (χ0n) is 16.1. The minimum atomic E-state index is -0.543. The number of hydrogen-bond donors (Lipinski definition) is 1. The Hall–Kier alpha value is -1.06. The van der Waals surface area contributed by atoms with E-state index >= 15 is 0 Å². The Morgan fingerprint density at radius 1 is 1.04 bits per heavy atom. The van der Waals surface area contributed by atoms with Gasteiger partial charge in [-0.1, -0.05) is 71.1 Å². The minimum absolute atomic E-state index is 0.202. The first-order valence-electron chi connectivity index (χ1n) is 10.8. The molecule has 0 aromatic heterocycles. The Balaban J connectivity index is 1.72. The summed E-state index contributed by atoms with van der Waals surface area (Å²) in [5.74, 6) is 2.13. The number of carbonyl (C=O) groups excluding carboxylic acids is 1. The van der Waals surface area contributed by atoms with Crippen LogP contribution in [0.3, 0.4) is 0 Å². The minimum Gasteiger partial charge on any atom is -0.369 e. The summed E-state index contributed by atoms with van der Waals surface area (Å²) in [7, 11) is 0. The van der Waals surface area contributed by atoms with Crippen LogP contribution in [0.15, 0.2) is 4.99 Å². The van der Waals surface area contributed by atoms with Crippen LogP contribution in [0.4, 0.5) is 0 Å². The summed E-state index contributed by atoms with van der Waals surface area (Å²) in [5, 5.41) is 0. The quantitative estimate of drug-likeness (QED) is 0.730. The molecule has 2 N–H and O–H groups in total. The molecule has 1 aliphatic heterocycles. The van der Waals surface area contributed by atoms with Crippen molar-refractivity contribution in [1.29, 1.82) is 0 Å². The first kappa shape index (κ1) is 18.7. The van der Waals surface area contributed by atoms with Crippen molar-refractivity contribution in [2.24, 2.45) is 22.6 Å². The fraction of sp³-hybridized carbons (Fsp3) is 0.905. The maximum absolute atomic E-state index is 13.3. The predicted molar refractivity (Wildman–Crippen MR) is 103 cm³/mol. The first-order chi connectivity index (χ1) is 12.1. The van der Waals surface area contributed by atoms with Gasteiger partial charge in [-0.25, -0.2) is 4.99 Å².